The largest absolute Gasteiger partial charge is 0.481 e. The summed E-state index contributed by atoms with van der Waals surface area (Å²) in [7, 11) is 0. The van der Waals surface area contributed by atoms with Crippen molar-refractivity contribution in [1.29, 1.82) is 0 Å². The van der Waals surface area contributed by atoms with E-state index in [9.17, 15) is 33.9 Å². The van der Waals surface area contributed by atoms with Crippen LogP contribution in [0.1, 0.15) is 45.2 Å². The summed E-state index contributed by atoms with van der Waals surface area (Å²) in [6.07, 6.45) is 1.95. The van der Waals surface area contributed by atoms with Gasteiger partial charge in [0.2, 0.25) is 23.6 Å². The van der Waals surface area contributed by atoms with Crippen LogP contribution in [0.4, 0.5) is 0 Å². The number of hydrogen-bond donors (Lipinski definition) is 8. The molecule has 5 unspecified atom stereocenters. The van der Waals surface area contributed by atoms with Gasteiger partial charge in [0.15, 0.2) is 0 Å². The van der Waals surface area contributed by atoms with Crippen LogP contribution < -0.4 is 27.4 Å². The standard InChI is InChI=1S/C21H33N7O8/c1-3-10(2)17(20(34)26-13(21(35)36)4-5-15(23)29)28-19(33)14(6-11-8-24-9-25-11)27-18(32)12(22)7-16(30)31/h8-10,12-14,17H,3-7,22H2,1-2H3,(H2,23,29)(H,24,25)(H,26,34)(H,27,32)(H,28,33)(H,30,31)(H,35,36). The molecule has 15 heteroatoms. The van der Waals surface area contributed by atoms with Crippen LogP contribution in [0.3, 0.4) is 0 Å². The van der Waals surface area contributed by atoms with Gasteiger partial charge in [0.05, 0.1) is 18.8 Å². The number of carbonyl (C=O) groups is 6. The van der Waals surface area contributed by atoms with Gasteiger partial charge in [0, 0.05) is 24.7 Å². The molecule has 0 bridgehead atoms. The third-order valence-electron chi connectivity index (χ3n) is 5.43. The third-order valence-corrected chi connectivity index (χ3v) is 5.43. The number of nitrogens with two attached hydrogens (primary N) is 2. The number of H-pyrrole nitrogens is 1. The van der Waals surface area contributed by atoms with Gasteiger partial charge < -0.3 is 42.6 Å². The first kappa shape index (κ1) is 30.0. The zero-order valence-corrected chi connectivity index (χ0v) is 20.0. The first-order valence-electron chi connectivity index (χ1n) is 11.2. The summed E-state index contributed by atoms with van der Waals surface area (Å²) < 4.78 is 0. The molecule has 0 fully saturated rings. The van der Waals surface area contributed by atoms with Crippen molar-refractivity contribution in [2.75, 3.05) is 0 Å². The molecule has 10 N–H and O–H groups in total. The van der Waals surface area contributed by atoms with Gasteiger partial charge >= 0.3 is 11.9 Å². The molecule has 5 atom stereocenters. The lowest BCUT2D eigenvalue weighted by Gasteiger charge is -2.28. The maximum atomic E-state index is 13.1. The molecular weight excluding hydrogens is 478 g/mol. The van der Waals surface area contributed by atoms with Gasteiger partial charge in [-0.3, -0.25) is 24.0 Å². The van der Waals surface area contributed by atoms with Crippen LogP contribution in [0.15, 0.2) is 12.5 Å². The van der Waals surface area contributed by atoms with Gasteiger partial charge in [0.25, 0.3) is 0 Å². The minimum atomic E-state index is -1.42. The molecule has 0 saturated carbocycles. The predicted molar refractivity (Wildman–Crippen MR) is 124 cm³/mol. The number of rotatable bonds is 16. The molecule has 1 aromatic rings. The van der Waals surface area contributed by atoms with Crippen LogP contribution in [0.25, 0.3) is 0 Å². The van der Waals surface area contributed by atoms with E-state index in [1.54, 1.807) is 13.8 Å². The monoisotopic (exact) mass is 511 g/mol. The van der Waals surface area contributed by atoms with E-state index in [1.165, 1.54) is 12.5 Å². The molecule has 0 saturated heterocycles. The van der Waals surface area contributed by atoms with E-state index >= 15 is 0 Å². The zero-order valence-electron chi connectivity index (χ0n) is 20.0. The fraction of sp³-hybridized carbons (Fsp3) is 0.571. The molecule has 200 valence electrons. The number of amides is 4. The number of aliphatic carboxylic acids is 2. The highest BCUT2D eigenvalue weighted by Crippen LogP contribution is 2.11. The molecule has 0 spiro atoms. The number of primary amides is 1. The van der Waals surface area contributed by atoms with Crippen molar-refractivity contribution < 1.29 is 39.0 Å². The zero-order chi connectivity index (χ0) is 27.4. The smallest absolute Gasteiger partial charge is 0.326 e. The van der Waals surface area contributed by atoms with Gasteiger partial charge in [0.1, 0.15) is 18.1 Å². The Labute approximate surface area is 206 Å². The van der Waals surface area contributed by atoms with Gasteiger partial charge in [-0.1, -0.05) is 20.3 Å². The van der Waals surface area contributed by atoms with Crippen molar-refractivity contribution in [3.63, 3.8) is 0 Å². The number of nitrogens with one attached hydrogen (secondary N) is 4. The van der Waals surface area contributed by atoms with Crippen LogP contribution in [0.5, 0.6) is 0 Å². The second-order valence-electron chi connectivity index (χ2n) is 8.32. The lowest BCUT2D eigenvalue weighted by molar-refractivity contribution is -0.143. The first-order chi connectivity index (χ1) is 16.8. The summed E-state index contributed by atoms with van der Waals surface area (Å²) in [5.41, 5.74) is 11.1. The molecular formula is C21H33N7O8. The summed E-state index contributed by atoms with van der Waals surface area (Å²) in [6.45, 7) is 3.42. The molecule has 15 nitrogen and oxygen atoms in total. The molecule has 0 aromatic carbocycles. The number of imidazole rings is 1. The molecule has 1 rings (SSSR count). The maximum absolute atomic E-state index is 13.1. The quantitative estimate of drug-likeness (QED) is 0.117. The highest BCUT2D eigenvalue weighted by Gasteiger charge is 2.33. The molecule has 4 amide bonds. The van der Waals surface area contributed by atoms with E-state index in [0.717, 1.165) is 0 Å². The average Bonchev–Trinajstić information content (AvgIpc) is 3.31. The van der Waals surface area contributed by atoms with Crippen LogP contribution in [0, 0.1) is 5.92 Å². The Bertz CT molecular complexity index is 937. The summed E-state index contributed by atoms with van der Waals surface area (Å²) in [6, 6.07) is -5.29. The first-order valence-corrected chi connectivity index (χ1v) is 11.2. The summed E-state index contributed by atoms with van der Waals surface area (Å²) in [4.78, 5) is 78.5. The SMILES string of the molecule is CCC(C)C(NC(=O)C(Cc1cnc[nH]1)NC(=O)C(N)CC(=O)O)C(=O)NC(CCC(N)=O)C(=O)O. The lowest BCUT2D eigenvalue weighted by atomic mass is 9.96. The summed E-state index contributed by atoms with van der Waals surface area (Å²) in [5, 5.41) is 25.5. The molecule has 0 aliphatic carbocycles. The third kappa shape index (κ3) is 10.1. The van der Waals surface area contributed by atoms with Crippen molar-refractivity contribution in [3.8, 4) is 0 Å². The van der Waals surface area contributed by atoms with E-state index in [1.807, 2.05) is 0 Å². The van der Waals surface area contributed by atoms with Crippen LogP contribution in [-0.2, 0) is 35.2 Å². The van der Waals surface area contributed by atoms with Gasteiger partial charge in [-0.2, -0.15) is 0 Å². The molecule has 1 heterocycles. The van der Waals surface area contributed by atoms with Gasteiger partial charge in [-0.15, -0.1) is 0 Å². The molecule has 0 aliphatic heterocycles. The fourth-order valence-electron chi connectivity index (χ4n) is 3.15. The van der Waals surface area contributed by atoms with E-state index < -0.39 is 72.1 Å². The number of carboxylic acid groups (broad SMARTS) is 2. The average molecular weight is 512 g/mol. The van der Waals surface area contributed by atoms with E-state index in [-0.39, 0.29) is 19.3 Å². The van der Waals surface area contributed by atoms with E-state index in [4.69, 9.17) is 16.6 Å². The highest BCUT2D eigenvalue weighted by molar-refractivity contribution is 5.95. The Morgan fingerprint density at radius 3 is 2.17 bits per heavy atom. The molecule has 0 aliphatic rings. The van der Waals surface area contributed by atoms with Crippen molar-refractivity contribution in [3.05, 3.63) is 18.2 Å². The predicted octanol–water partition coefficient (Wildman–Crippen LogP) is -2.40. The van der Waals surface area contributed by atoms with Crippen LogP contribution in [-0.4, -0.2) is 79.9 Å². The number of carbonyl (C=O) groups excluding carboxylic acids is 4. The topological polar surface area (TPSA) is 260 Å². The Hall–Kier alpha value is -4.01. The number of nitrogens with zero attached hydrogens (tertiary/aromatic N) is 1. The number of carboxylic acids is 2. The number of aromatic nitrogens is 2. The molecule has 0 radical (unpaired) electrons. The van der Waals surface area contributed by atoms with Gasteiger partial charge in [-0.25, -0.2) is 9.78 Å². The lowest BCUT2D eigenvalue weighted by Crippen LogP contribution is -2.59. The molecule has 36 heavy (non-hydrogen) atoms. The second kappa shape index (κ2) is 14.4. The number of hydrogen-bond acceptors (Lipinski definition) is 8. The highest BCUT2D eigenvalue weighted by atomic mass is 16.4. The number of aromatic amines is 1. The summed E-state index contributed by atoms with van der Waals surface area (Å²) in [5.74, 6) is -6.34. The molecule has 1 aromatic heterocycles. The minimum Gasteiger partial charge on any atom is -0.481 e. The van der Waals surface area contributed by atoms with Crippen molar-refractivity contribution in [1.82, 2.24) is 25.9 Å². The van der Waals surface area contributed by atoms with E-state index in [2.05, 4.69) is 25.9 Å². The van der Waals surface area contributed by atoms with Gasteiger partial charge in [-0.05, 0) is 12.3 Å². The Morgan fingerprint density at radius 1 is 1.03 bits per heavy atom. The fourth-order valence-corrected chi connectivity index (χ4v) is 3.15. The van der Waals surface area contributed by atoms with Crippen LogP contribution >= 0.6 is 0 Å². The minimum absolute atomic E-state index is 0.0808. The Kier molecular flexibility index (Phi) is 12.0. The van der Waals surface area contributed by atoms with E-state index in [0.29, 0.717) is 12.1 Å². The normalized spacial score (nSPS) is 15.0. The Balaban J connectivity index is 3.07. The summed E-state index contributed by atoms with van der Waals surface area (Å²) >= 11 is 0. The van der Waals surface area contributed by atoms with Crippen molar-refractivity contribution >= 4 is 35.6 Å². The van der Waals surface area contributed by atoms with Crippen LogP contribution in [0.2, 0.25) is 0 Å². The van der Waals surface area contributed by atoms with Crippen molar-refractivity contribution in [2.24, 2.45) is 17.4 Å². The Morgan fingerprint density at radius 2 is 1.67 bits per heavy atom. The maximum Gasteiger partial charge on any atom is 0.326 e. The van der Waals surface area contributed by atoms with Crippen molar-refractivity contribution in [2.45, 2.75) is 70.1 Å². The second-order valence-corrected chi connectivity index (χ2v) is 8.32.